The fraction of sp³-hybridized carbons (Fsp3) is 0.474. The second kappa shape index (κ2) is 9.11. The van der Waals surface area contributed by atoms with E-state index in [1.807, 2.05) is 18.2 Å². The number of ether oxygens (including phenoxy) is 2. The number of esters is 1. The van der Waals surface area contributed by atoms with Gasteiger partial charge in [-0.1, -0.05) is 31.9 Å². The highest BCUT2D eigenvalue weighted by atomic mass is 16.5. The van der Waals surface area contributed by atoms with Gasteiger partial charge in [0, 0.05) is 12.1 Å². The van der Waals surface area contributed by atoms with E-state index in [0.717, 1.165) is 24.8 Å². The van der Waals surface area contributed by atoms with Crippen molar-refractivity contribution in [3.63, 3.8) is 0 Å². The lowest BCUT2D eigenvalue weighted by molar-refractivity contribution is -0.144. The lowest BCUT2D eigenvalue weighted by atomic mass is 9.86. The second-order valence-electron chi connectivity index (χ2n) is 6.15. The predicted octanol–water partition coefficient (Wildman–Crippen LogP) is 2.95. The molecule has 0 spiro atoms. The minimum atomic E-state index is -0.537. The molecular weight excluding hydrogens is 306 g/mol. The Morgan fingerprint density at radius 1 is 1.29 bits per heavy atom. The Hall–Kier alpha value is -2.30. The highest BCUT2D eigenvalue weighted by Crippen LogP contribution is 2.23. The number of carbonyl (C=O) groups excluding carboxylic acids is 2. The fourth-order valence-corrected chi connectivity index (χ4v) is 2.87. The summed E-state index contributed by atoms with van der Waals surface area (Å²) in [5.41, 5.74) is 0.826. The van der Waals surface area contributed by atoms with Crippen molar-refractivity contribution in [1.82, 2.24) is 5.32 Å². The maximum absolute atomic E-state index is 11.9. The molecule has 0 aliphatic heterocycles. The van der Waals surface area contributed by atoms with Crippen LogP contribution < -0.4 is 10.1 Å². The predicted molar refractivity (Wildman–Crippen MR) is 92.5 cm³/mol. The van der Waals surface area contributed by atoms with Gasteiger partial charge >= 0.3 is 5.97 Å². The molecule has 1 aromatic carbocycles. The highest BCUT2D eigenvalue weighted by Gasteiger charge is 2.22. The molecule has 0 saturated heterocycles. The van der Waals surface area contributed by atoms with E-state index in [1.165, 1.54) is 12.5 Å². The quantitative estimate of drug-likeness (QED) is 0.643. The molecule has 1 aromatic rings. The standard InChI is InChI=1S/C19H25NO4/c1-14-6-3-4-9-17(14)20-18(21)13-24-19(22)11-10-15-7-5-8-16(12-15)23-2/h5,7-8,10-12,14,17H,3-4,6,9,13H2,1-2H3,(H,20,21)/b11-10+/t14-,17-/m1/s1. The molecule has 0 radical (unpaired) electrons. The van der Waals surface area contributed by atoms with Gasteiger partial charge in [-0.25, -0.2) is 4.79 Å². The summed E-state index contributed by atoms with van der Waals surface area (Å²) >= 11 is 0. The molecule has 0 aromatic heterocycles. The van der Waals surface area contributed by atoms with Crippen LogP contribution >= 0.6 is 0 Å². The number of benzene rings is 1. The molecule has 1 saturated carbocycles. The van der Waals surface area contributed by atoms with Gasteiger partial charge < -0.3 is 14.8 Å². The van der Waals surface area contributed by atoms with Gasteiger partial charge in [0.15, 0.2) is 6.61 Å². The molecule has 1 amide bonds. The summed E-state index contributed by atoms with van der Waals surface area (Å²) in [5.74, 6) is 0.416. The van der Waals surface area contributed by atoms with Crippen LogP contribution in [0.1, 0.15) is 38.2 Å². The van der Waals surface area contributed by atoms with Crippen LogP contribution in [0.4, 0.5) is 0 Å². The zero-order chi connectivity index (χ0) is 17.4. The van der Waals surface area contributed by atoms with Gasteiger partial charge in [0.25, 0.3) is 5.91 Å². The van der Waals surface area contributed by atoms with Crippen LogP contribution in [0.3, 0.4) is 0 Å². The minimum Gasteiger partial charge on any atom is -0.497 e. The normalized spacial score (nSPS) is 20.6. The summed E-state index contributed by atoms with van der Waals surface area (Å²) in [6, 6.07) is 7.51. The van der Waals surface area contributed by atoms with Crippen LogP contribution in [-0.2, 0) is 14.3 Å². The first kappa shape index (κ1) is 18.0. The first-order valence-corrected chi connectivity index (χ1v) is 8.36. The summed E-state index contributed by atoms with van der Waals surface area (Å²) in [7, 11) is 1.59. The van der Waals surface area contributed by atoms with Gasteiger partial charge in [-0.2, -0.15) is 0 Å². The topological polar surface area (TPSA) is 64.6 Å². The highest BCUT2D eigenvalue weighted by molar-refractivity contribution is 5.89. The summed E-state index contributed by atoms with van der Waals surface area (Å²) in [5, 5.41) is 2.96. The lowest BCUT2D eigenvalue weighted by Crippen LogP contribution is -2.42. The number of amides is 1. The van der Waals surface area contributed by atoms with Crippen LogP contribution in [0.5, 0.6) is 5.75 Å². The van der Waals surface area contributed by atoms with Gasteiger partial charge in [-0.05, 0) is 42.5 Å². The van der Waals surface area contributed by atoms with E-state index in [0.29, 0.717) is 11.7 Å². The molecule has 130 valence electrons. The summed E-state index contributed by atoms with van der Waals surface area (Å²) in [6.45, 7) is 1.90. The van der Waals surface area contributed by atoms with E-state index in [9.17, 15) is 9.59 Å². The summed E-state index contributed by atoms with van der Waals surface area (Å²) < 4.78 is 10.1. The van der Waals surface area contributed by atoms with Crippen molar-refractivity contribution in [2.45, 2.75) is 38.6 Å². The average molecular weight is 331 g/mol. The zero-order valence-electron chi connectivity index (χ0n) is 14.3. The van der Waals surface area contributed by atoms with Crippen molar-refractivity contribution in [1.29, 1.82) is 0 Å². The van der Waals surface area contributed by atoms with Crippen LogP contribution in [0.25, 0.3) is 6.08 Å². The van der Waals surface area contributed by atoms with Gasteiger partial charge in [0.1, 0.15) is 5.75 Å². The maximum Gasteiger partial charge on any atom is 0.331 e. The van der Waals surface area contributed by atoms with Crippen molar-refractivity contribution in [3.05, 3.63) is 35.9 Å². The zero-order valence-corrected chi connectivity index (χ0v) is 14.3. The van der Waals surface area contributed by atoms with Crippen LogP contribution in [0.15, 0.2) is 30.3 Å². The number of methoxy groups -OCH3 is 1. The Kier molecular flexibility index (Phi) is 6.85. The number of rotatable bonds is 6. The lowest BCUT2D eigenvalue weighted by Gasteiger charge is -2.29. The molecule has 0 bridgehead atoms. The smallest absolute Gasteiger partial charge is 0.331 e. The van der Waals surface area contributed by atoms with Gasteiger partial charge in [-0.3, -0.25) is 4.79 Å². The van der Waals surface area contributed by atoms with E-state index in [2.05, 4.69) is 12.2 Å². The third-order valence-corrected chi connectivity index (χ3v) is 4.31. The van der Waals surface area contributed by atoms with E-state index in [1.54, 1.807) is 19.3 Å². The van der Waals surface area contributed by atoms with Gasteiger partial charge in [0.05, 0.1) is 7.11 Å². The molecule has 1 N–H and O–H groups in total. The largest absolute Gasteiger partial charge is 0.497 e. The van der Waals surface area contributed by atoms with E-state index >= 15 is 0 Å². The fourth-order valence-electron chi connectivity index (χ4n) is 2.87. The first-order chi connectivity index (χ1) is 11.6. The Balaban J connectivity index is 1.75. The monoisotopic (exact) mass is 331 g/mol. The molecule has 1 fully saturated rings. The molecule has 5 nitrogen and oxygen atoms in total. The Labute approximate surface area is 143 Å². The Morgan fingerprint density at radius 2 is 2.08 bits per heavy atom. The maximum atomic E-state index is 11.9. The molecule has 24 heavy (non-hydrogen) atoms. The molecule has 2 rings (SSSR count). The van der Waals surface area contributed by atoms with Gasteiger partial charge in [-0.15, -0.1) is 0 Å². The molecular formula is C19H25NO4. The van der Waals surface area contributed by atoms with Crippen molar-refractivity contribution < 1.29 is 19.1 Å². The first-order valence-electron chi connectivity index (χ1n) is 8.36. The van der Waals surface area contributed by atoms with Crippen LogP contribution in [0, 0.1) is 5.92 Å². The SMILES string of the molecule is COc1cccc(/C=C/C(=O)OCC(=O)N[C@@H]2CCCC[C@H]2C)c1. The van der Waals surface area contributed by atoms with Crippen molar-refractivity contribution in [2.75, 3.05) is 13.7 Å². The third-order valence-electron chi connectivity index (χ3n) is 4.31. The molecule has 0 heterocycles. The minimum absolute atomic E-state index is 0.192. The summed E-state index contributed by atoms with van der Waals surface area (Å²) in [6.07, 6.45) is 7.43. The Bertz CT molecular complexity index is 597. The van der Waals surface area contributed by atoms with E-state index in [-0.39, 0.29) is 18.6 Å². The van der Waals surface area contributed by atoms with Crippen LogP contribution in [-0.4, -0.2) is 31.6 Å². The van der Waals surface area contributed by atoms with Crippen molar-refractivity contribution >= 4 is 18.0 Å². The number of hydrogen-bond donors (Lipinski definition) is 1. The van der Waals surface area contributed by atoms with E-state index < -0.39 is 5.97 Å². The Morgan fingerprint density at radius 3 is 2.83 bits per heavy atom. The average Bonchev–Trinajstić information content (AvgIpc) is 2.60. The number of nitrogens with one attached hydrogen (secondary N) is 1. The van der Waals surface area contributed by atoms with Crippen molar-refractivity contribution in [3.8, 4) is 5.75 Å². The summed E-state index contributed by atoms with van der Waals surface area (Å²) in [4.78, 5) is 23.6. The van der Waals surface area contributed by atoms with E-state index in [4.69, 9.17) is 9.47 Å². The molecule has 5 heteroatoms. The number of carbonyl (C=O) groups is 2. The number of hydrogen-bond acceptors (Lipinski definition) is 4. The molecule has 2 atom stereocenters. The van der Waals surface area contributed by atoms with Gasteiger partial charge in [0.2, 0.25) is 0 Å². The second-order valence-corrected chi connectivity index (χ2v) is 6.15. The molecule has 0 unspecified atom stereocenters. The molecule has 1 aliphatic rings. The van der Waals surface area contributed by atoms with Crippen molar-refractivity contribution in [2.24, 2.45) is 5.92 Å². The third kappa shape index (κ3) is 5.72. The molecule has 1 aliphatic carbocycles. The van der Waals surface area contributed by atoms with Crippen LogP contribution in [0.2, 0.25) is 0 Å².